The van der Waals surface area contributed by atoms with Crippen molar-refractivity contribution in [2.24, 2.45) is 0 Å². The minimum Gasteiger partial charge on any atom is -0.341 e. The zero-order chi connectivity index (χ0) is 35.0. The summed E-state index contributed by atoms with van der Waals surface area (Å²) in [7, 11) is 1.99. The number of nitrogens with zero attached hydrogens (tertiary/aromatic N) is 3. The molecule has 0 bridgehead atoms. The van der Waals surface area contributed by atoms with Gasteiger partial charge in [0, 0.05) is 24.2 Å². The predicted molar refractivity (Wildman–Crippen MR) is 193 cm³/mol. The molecule has 0 spiro atoms. The largest absolute Gasteiger partial charge is 0.341 e. The first-order valence-electron chi connectivity index (χ1n) is 16.2. The molecule has 8 nitrogen and oxygen atoms in total. The summed E-state index contributed by atoms with van der Waals surface area (Å²) in [6.07, 6.45) is 16.5. The first-order valence-corrected chi connectivity index (χ1v) is 16.2. The van der Waals surface area contributed by atoms with Gasteiger partial charge in [-0.3, -0.25) is 14.5 Å². The molecule has 0 unspecified atom stereocenters. The lowest BCUT2D eigenvalue weighted by Crippen LogP contribution is -2.37. The third-order valence-electron chi connectivity index (χ3n) is 7.09. The van der Waals surface area contributed by atoms with Crippen molar-refractivity contribution in [1.29, 1.82) is 0 Å². The van der Waals surface area contributed by atoms with E-state index in [2.05, 4.69) is 46.8 Å². The van der Waals surface area contributed by atoms with Gasteiger partial charge < -0.3 is 20.0 Å². The van der Waals surface area contributed by atoms with E-state index in [1.165, 1.54) is 6.92 Å². The van der Waals surface area contributed by atoms with Crippen LogP contribution < -0.4 is 16.0 Å². The number of benzene rings is 2. The molecule has 250 valence electrons. The molecule has 0 radical (unpaired) electrons. The molecule has 2 aromatic carbocycles. The van der Waals surface area contributed by atoms with Crippen LogP contribution in [0.3, 0.4) is 0 Å². The van der Waals surface area contributed by atoms with Crippen LogP contribution in [0.2, 0.25) is 0 Å². The van der Waals surface area contributed by atoms with Gasteiger partial charge in [0.05, 0.1) is 29.7 Å². The minimum absolute atomic E-state index is 0.0484. The average molecular weight is 638 g/mol. The molecule has 4 rings (SSSR count). The highest BCUT2D eigenvalue weighted by molar-refractivity contribution is 5.95. The van der Waals surface area contributed by atoms with Gasteiger partial charge in [-0.25, -0.2) is 4.98 Å². The molecule has 1 aromatic heterocycles. The van der Waals surface area contributed by atoms with Gasteiger partial charge in [-0.15, -0.1) is 12.8 Å². The van der Waals surface area contributed by atoms with Gasteiger partial charge in [0.15, 0.2) is 0 Å². The molecule has 8 heteroatoms. The summed E-state index contributed by atoms with van der Waals surface area (Å²) in [4.78, 5) is 46.4. The van der Waals surface area contributed by atoms with Gasteiger partial charge >= 0.3 is 0 Å². The van der Waals surface area contributed by atoms with Gasteiger partial charge in [0.25, 0.3) is 0 Å². The lowest BCUT2D eigenvalue weighted by atomic mass is 10.1. The van der Waals surface area contributed by atoms with Crippen LogP contribution in [0.15, 0.2) is 54.6 Å². The third-order valence-corrected chi connectivity index (χ3v) is 7.09. The summed E-state index contributed by atoms with van der Waals surface area (Å²) < 4.78 is 0. The van der Waals surface area contributed by atoms with Crippen LogP contribution in [-0.4, -0.2) is 64.0 Å². The van der Waals surface area contributed by atoms with Crippen LogP contribution in [0.25, 0.3) is 12.2 Å². The first-order chi connectivity index (χ1) is 22.9. The Labute approximate surface area is 281 Å². The molecule has 1 aliphatic rings. The van der Waals surface area contributed by atoms with Crippen molar-refractivity contribution in [3.63, 3.8) is 0 Å². The summed E-state index contributed by atoms with van der Waals surface area (Å²) in [6.45, 7) is 11.6. The molecule has 1 saturated heterocycles. The number of anilines is 1. The number of amides is 2. The number of aromatic nitrogens is 2. The normalized spacial score (nSPS) is 14.1. The number of likely N-dealkylation sites (tertiary alicyclic amines) is 1. The quantitative estimate of drug-likeness (QED) is 0.256. The van der Waals surface area contributed by atoms with Crippen molar-refractivity contribution in [2.75, 3.05) is 25.5 Å². The number of aromatic amines is 1. The number of imidazole rings is 1. The fourth-order valence-corrected chi connectivity index (χ4v) is 4.94. The lowest BCUT2D eigenvalue weighted by molar-refractivity contribution is -0.131. The lowest BCUT2D eigenvalue weighted by Gasteiger charge is -2.21. The van der Waals surface area contributed by atoms with E-state index in [1.54, 1.807) is 0 Å². The van der Waals surface area contributed by atoms with Crippen molar-refractivity contribution in [3.05, 3.63) is 82.2 Å². The first kappa shape index (κ1) is 40.1. The molecule has 1 aliphatic heterocycles. The second-order valence-corrected chi connectivity index (χ2v) is 10.4. The number of hydrogen-bond donors (Lipinski definition) is 2. The molecule has 47 heavy (non-hydrogen) atoms. The van der Waals surface area contributed by atoms with E-state index in [0.29, 0.717) is 25.9 Å². The number of H-pyrrole nitrogens is 1. The van der Waals surface area contributed by atoms with E-state index >= 15 is 0 Å². The molecule has 2 N–H and O–H groups in total. The minimum atomic E-state index is -0.0484. The van der Waals surface area contributed by atoms with Crippen molar-refractivity contribution in [2.45, 2.75) is 79.3 Å². The highest BCUT2D eigenvalue weighted by Crippen LogP contribution is 2.17. The Kier molecular flexibility index (Phi) is 20.0. The van der Waals surface area contributed by atoms with Gasteiger partial charge in [-0.1, -0.05) is 69.0 Å². The van der Waals surface area contributed by atoms with Gasteiger partial charge in [-0.2, -0.15) is 0 Å². The second kappa shape index (κ2) is 23.4. The van der Waals surface area contributed by atoms with Crippen LogP contribution in [0.4, 0.5) is 5.69 Å². The van der Waals surface area contributed by atoms with Gasteiger partial charge in [-0.05, 0) is 82.6 Å². The van der Waals surface area contributed by atoms with Crippen LogP contribution in [0.5, 0.6) is 0 Å². The number of aldehydes is 1. The number of likely N-dealkylation sites (N-methyl/N-ethyl adjacent to an activating group) is 1. The molecule has 1 atom stereocenters. The van der Waals surface area contributed by atoms with Crippen LogP contribution in [-0.2, 0) is 27.3 Å². The number of nitrogens with one attached hydrogen (secondary N) is 2. The monoisotopic (exact) mass is 637 g/mol. The Balaban J connectivity index is 0.00000146. The molecule has 2 heterocycles. The van der Waals surface area contributed by atoms with Crippen molar-refractivity contribution < 1.29 is 14.4 Å². The molecule has 2 amide bonds. The number of terminal acetylenes is 1. The van der Waals surface area contributed by atoms with E-state index in [1.807, 2.05) is 99.5 Å². The molecule has 1 fully saturated rings. The topological polar surface area (TPSA) is 98.4 Å². The van der Waals surface area contributed by atoms with Crippen LogP contribution >= 0.6 is 0 Å². The van der Waals surface area contributed by atoms with E-state index < -0.39 is 0 Å². The van der Waals surface area contributed by atoms with E-state index in [4.69, 9.17) is 9.78 Å². The van der Waals surface area contributed by atoms with Crippen molar-refractivity contribution in [1.82, 2.24) is 19.8 Å². The fraction of sp³-hybridized carbons (Fsp3) is 0.385. The van der Waals surface area contributed by atoms with E-state index in [0.717, 1.165) is 65.4 Å². The molecule has 3 aromatic rings. The summed E-state index contributed by atoms with van der Waals surface area (Å²) in [5.74, 6) is 7.31. The SMILES string of the molecule is C#C.C/C=c1/nc(CN(CCC)C(=O)Cc2ccccc2)[nH]/c1=C/CC#Cc1ccc(NC(=O)[C@@H]2CCCN2C)cc1.CC.CC=O. The Morgan fingerprint density at radius 1 is 1.11 bits per heavy atom. The van der Waals surface area contributed by atoms with Crippen molar-refractivity contribution >= 4 is 35.9 Å². The molecular weight excluding hydrogens is 586 g/mol. The molecule has 0 aliphatic carbocycles. The Morgan fingerprint density at radius 3 is 2.34 bits per heavy atom. The summed E-state index contributed by atoms with van der Waals surface area (Å²) in [5, 5.41) is 4.78. The maximum Gasteiger partial charge on any atom is 0.241 e. The average Bonchev–Trinajstić information content (AvgIpc) is 3.71. The van der Waals surface area contributed by atoms with Crippen molar-refractivity contribution in [3.8, 4) is 24.7 Å². The highest BCUT2D eigenvalue weighted by atomic mass is 16.2. The maximum atomic E-state index is 13.0. The number of carbonyl (C=O) groups excluding carboxylic acids is 3. The zero-order valence-corrected chi connectivity index (χ0v) is 28.9. The van der Waals surface area contributed by atoms with Gasteiger partial charge in [0.2, 0.25) is 11.8 Å². The Bertz CT molecular complexity index is 1560. The standard InChI is InChI=1S/C33H39N5O2.C2H4O.C2H6.C2H2/c1-4-21-38(32(39)23-26-13-7-6-8-14-26)24-31-35-28(5-2)29(36-31)15-10-9-12-25-17-19-27(20-18-25)34-33(40)30-16-11-22-37(30)3;1-2-3;2*1-2/h5-8,13-15,17-20,30H,4,10-11,16,21-24H2,1-3H3,(H,34,40)(H,35,36);2H,1H3;1-2H3;1-2H/b28-5+,29-15+;;;/t30-;;;/m0.../s1. The van der Waals surface area contributed by atoms with E-state index in [9.17, 15) is 9.59 Å². The van der Waals surface area contributed by atoms with Gasteiger partial charge in [0.1, 0.15) is 12.1 Å². The van der Waals surface area contributed by atoms with Crippen LogP contribution in [0, 0.1) is 24.7 Å². The third kappa shape index (κ3) is 13.9. The molecule has 0 saturated carbocycles. The van der Waals surface area contributed by atoms with E-state index in [-0.39, 0.29) is 17.9 Å². The number of hydrogen-bond acceptors (Lipinski definition) is 5. The Morgan fingerprint density at radius 2 is 1.77 bits per heavy atom. The predicted octanol–water partition coefficient (Wildman–Crippen LogP) is 4.93. The number of carbonyl (C=O) groups is 3. The summed E-state index contributed by atoms with van der Waals surface area (Å²) >= 11 is 0. The summed E-state index contributed by atoms with van der Waals surface area (Å²) in [5.41, 5.74) is 2.69. The highest BCUT2D eigenvalue weighted by Gasteiger charge is 2.27. The maximum absolute atomic E-state index is 13.0. The number of rotatable bonds is 9. The summed E-state index contributed by atoms with van der Waals surface area (Å²) in [6, 6.07) is 17.4. The Hall–Kier alpha value is -4.92. The second-order valence-electron chi connectivity index (χ2n) is 10.4. The smallest absolute Gasteiger partial charge is 0.241 e. The molecular formula is C39H51N5O3. The van der Waals surface area contributed by atoms with Crippen LogP contribution in [0.1, 0.15) is 77.3 Å². The fourth-order valence-electron chi connectivity index (χ4n) is 4.94. The zero-order valence-electron chi connectivity index (χ0n) is 28.9.